The van der Waals surface area contributed by atoms with E-state index in [1.807, 2.05) is 6.92 Å². The van der Waals surface area contributed by atoms with E-state index in [4.69, 9.17) is 0 Å². The first kappa shape index (κ1) is 11.8. The van der Waals surface area contributed by atoms with Crippen LogP contribution >= 0.6 is 15.9 Å². The van der Waals surface area contributed by atoms with Gasteiger partial charge in [-0.25, -0.2) is 4.39 Å². The maximum Gasteiger partial charge on any atom is 0.231 e. The molecule has 3 rings (SSSR count). The highest BCUT2D eigenvalue weighted by Crippen LogP contribution is 2.64. The summed E-state index contributed by atoms with van der Waals surface area (Å²) in [5.74, 6) is -1.31. The number of rotatable bonds is 2. The number of amides is 2. The lowest BCUT2D eigenvalue weighted by Gasteiger charge is -2.19. The normalized spacial score (nSPS) is 33.3. The summed E-state index contributed by atoms with van der Waals surface area (Å²) in [5, 5.41) is 2.34. The van der Waals surface area contributed by atoms with Crippen LogP contribution in [0.3, 0.4) is 0 Å². The number of imide groups is 1. The zero-order chi connectivity index (χ0) is 13.1. The second-order valence-electron chi connectivity index (χ2n) is 4.83. The number of hydrogen-bond donors (Lipinski definition) is 1. The van der Waals surface area contributed by atoms with Crippen LogP contribution in [-0.2, 0) is 15.0 Å². The number of hydrogen-bond acceptors (Lipinski definition) is 2. The molecule has 1 N–H and O–H groups in total. The summed E-state index contributed by atoms with van der Waals surface area (Å²) in [6, 6.07) is 4.72. The van der Waals surface area contributed by atoms with Crippen LogP contribution in [-0.4, -0.2) is 11.8 Å². The topological polar surface area (TPSA) is 46.2 Å². The van der Waals surface area contributed by atoms with Gasteiger partial charge in [0.1, 0.15) is 5.82 Å². The molecule has 2 atom stereocenters. The second kappa shape index (κ2) is 3.63. The van der Waals surface area contributed by atoms with Gasteiger partial charge < -0.3 is 0 Å². The first-order chi connectivity index (χ1) is 8.52. The SMILES string of the molecule is CCC1(c2ccc(F)c(Br)c2)C2C(=O)NC(=O)C21. The molecule has 1 saturated heterocycles. The van der Waals surface area contributed by atoms with E-state index in [1.54, 1.807) is 12.1 Å². The monoisotopic (exact) mass is 311 g/mol. The molecular formula is C13H11BrFNO2. The van der Waals surface area contributed by atoms with Crippen LogP contribution in [0.1, 0.15) is 18.9 Å². The first-order valence-corrected chi connectivity index (χ1v) is 6.62. The molecule has 2 amide bonds. The van der Waals surface area contributed by atoms with Crippen molar-refractivity contribution >= 4 is 27.7 Å². The third-order valence-corrected chi connectivity index (χ3v) is 4.80. The van der Waals surface area contributed by atoms with E-state index in [9.17, 15) is 14.0 Å². The fourth-order valence-corrected chi connectivity index (χ4v) is 3.65. The Bertz CT molecular complexity index is 552. The van der Waals surface area contributed by atoms with E-state index < -0.39 is 5.41 Å². The first-order valence-electron chi connectivity index (χ1n) is 5.82. The lowest BCUT2D eigenvalue weighted by Crippen LogP contribution is -2.33. The number of carbonyl (C=O) groups is 2. The summed E-state index contributed by atoms with van der Waals surface area (Å²) in [4.78, 5) is 23.4. The molecule has 0 radical (unpaired) electrons. The molecule has 1 aliphatic heterocycles. The van der Waals surface area contributed by atoms with Crippen molar-refractivity contribution < 1.29 is 14.0 Å². The highest BCUT2D eigenvalue weighted by Gasteiger charge is 2.74. The van der Waals surface area contributed by atoms with Crippen molar-refractivity contribution in [2.24, 2.45) is 11.8 Å². The van der Waals surface area contributed by atoms with Crippen LogP contribution in [0.15, 0.2) is 22.7 Å². The molecule has 1 heterocycles. The Morgan fingerprint density at radius 2 is 1.94 bits per heavy atom. The van der Waals surface area contributed by atoms with Crippen LogP contribution in [0.5, 0.6) is 0 Å². The van der Waals surface area contributed by atoms with E-state index in [0.717, 1.165) is 5.56 Å². The Kier molecular flexibility index (Phi) is 2.39. The average molecular weight is 312 g/mol. The molecule has 0 spiro atoms. The molecule has 2 aliphatic rings. The highest BCUT2D eigenvalue weighted by molar-refractivity contribution is 9.10. The van der Waals surface area contributed by atoms with Crippen LogP contribution in [0, 0.1) is 17.7 Å². The molecule has 1 aliphatic carbocycles. The molecule has 1 saturated carbocycles. The number of nitrogens with one attached hydrogen (secondary N) is 1. The fraction of sp³-hybridized carbons (Fsp3) is 0.385. The predicted molar refractivity (Wildman–Crippen MR) is 66.2 cm³/mol. The standard InChI is InChI=1S/C13H11BrFNO2/c1-2-13(6-3-4-8(15)7(14)5-6)9-10(13)12(18)16-11(9)17/h3-5,9-10H,2H2,1H3,(H,16,17,18). The van der Waals surface area contributed by atoms with Crippen LogP contribution in [0.2, 0.25) is 0 Å². The van der Waals surface area contributed by atoms with E-state index in [0.29, 0.717) is 10.9 Å². The van der Waals surface area contributed by atoms with Crippen molar-refractivity contribution in [3.63, 3.8) is 0 Å². The van der Waals surface area contributed by atoms with E-state index in [-0.39, 0.29) is 29.5 Å². The minimum absolute atomic E-state index is 0.202. The summed E-state index contributed by atoms with van der Waals surface area (Å²) >= 11 is 3.15. The zero-order valence-corrected chi connectivity index (χ0v) is 11.3. The number of benzene rings is 1. The molecule has 0 aromatic heterocycles. The third kappa shape index (κ3) is 1.28. The van der Waals surface area contributed by atoms with Gasteiger partial charge >= 0.3 is 0 Å². The molecule has 1 aromatic rings. The molecule has 18 heavy (non-hydrogen) atoms. The van der Waals surface area contributed by atoms with E-state index in [2.05, 4.69) is 21.2 Å². The third-order valence-electron chi connectivity index (χ3n) is 4.19. The Hall–Kier alpha value is -1.23. The summed E-state index contributed by atoms with van der Waals surface area (Å²) in [7, 11) is 0. The maximum absolute atomic E-state index is 13.3. The fourth-order valence-electron chi connectivity index (χ4n) is 3.28. The zero-order valence-electron chi connectivity index (χ0n) is 9.67. The van der Waals surface area contributed by atoms with Gasteiger partial charge in [0.05, 0.1) is 16.3 Å². The quantitative estimate of drug-likeness (QED) is 0.851. The van der Waals surface area contributed by atoms with Gasteiger partial charge in [-0.15, -0.1) is 0 Å². The molecule has 2 unspecified atom stereocenters. The predicted octanol–water partition coefficient (Wildman–Crippen LogP) is 2.14. The van der Waals surface area contributed by atoms with Crippen LogP contribution in [0.4, 0.5) is 4.39 Å². The summed E-state index contributed by atoms with van der Waals surface area (Å²) < 4.78 is 13.6. The number of piperidine rings is 1. The largest absolute Gasteiger partial charge is 0.296 e. The Balaban J connectivity index is 2.07. The summed E-state index contributed by atoms with van der Waals surface area (Å²) in [6.45, 7) is 1.95. The molecule has 94 valence electrons. The molecular weight excluding hydrogens is 301 g/mol. The molecule has 3 nitrogen and oxygen atoms in total. The van der Waals surface area contributed by atoms with Crippen LogP contribution in [0.25, 0.3) is 0 Å². The van der Waals surface area contributed by atoms with Crippen molar-refractivity contribution in [3.8, 4) is 0 Å². The van der Waals surface area contributed by atoms with Crippen molar-refractivity contribution in [1.29, 1.82) is 0 Å². The van der Waals surface area contributed by atoms with Gasteiger partial charge in [0.25, 0.3) is 0 Å². The molecule has 0 bridgehead atoms. The van der Waals surface area contributed by atoms with Crippen molar-refractivity contribution in [1.82, 2.24) is 5.32 Å². The smallest absolute Gasteiger partial charge is 0.231 e. The lowest BCUT2D eigenvalue weighted by molar-refractivity contribution is -0.128. The van der Waals surface area contributed by atoms with Gasteiger partial charge in [-0.1, -0.05) is 13.0 Å². The average Bonchev–Trinajstić information content (AvgIpc) is 2.93. The number of carbonyl (C=O) groups excluding carboxylic acids is 2. The molecule has 2 fully saturated rings. The van der Waals surface area contributed by atoms with Gasteiger partial charge in [0.2, 0.25) is 11.8 Å². The van der Waals surface area contributed by atoms with Crippen molar-refractivity contribution in [2.45, 2.75) is 18.8 Å². The Morgan fingerprint density at radius 1 is 1.33 bits per heavy atom. The van der Waals surface area contributed by atoms with Gasteiger partial charge in [0.15, 0.2) is 0 Å². The number of fused-ring (bicyclic) bond motifs is 1. The van der Waals surface area contributed by atoms with Gasteiger partial charge in [0, 0.05) is 5.41 Å². The van der Waals surface area contributed by atoms with Gasteiger partial charge in [-0.3, -0.25) is 14.9 Å². The molecule has 1 aromatic carbocycles. The maximum atomic E-state index is 13.3. The van der Waals surface area contributed by atoms with E-state index >= 15 is 0 Å². The van der Waals surface area contributed by atoms with Gasteiger partial charge in [-0.2, -0.15) is 0 Å². The minimum Gasteiger partial charge on any atom is -0.296 e. The van der Waals surface area contributed by atoms with Crippen molar-refractivity contribution in [3.05, 3.63) is 34.1 Å². The Morgan fingerprint density at radius 3 is 2.44 bits per heavy atom. The van der Waals surface area contributed by atoms with Crippen molar-refractivity contribution in [2.75, 3.05) is 0 Å². The minimum atomic E-state index is -0.435. The highest BCUT2D eigenvalue weighted by atomic mass is 79.9. The number of halogens is 2. The molecule has 5 heteroatoms. The van der Waals surface area contributed by atoms with E-state index in [1.165, 1.54) is 6.07 Å². The lowest BCUT2D eigenvalue weighted by atomic mass is 9.87. The van der Waals surface area contributed by atoms with Crippen LogP contribution < -0.4 is 5.32 Å². The summed E-state index contributed by atoms with van der Waals surface area (Å²) in [6.07, 6.45) is 0.694. The van der Waals surface area contributed by atoms with Gasteiger partial charge in [-0.05, 0) is 40.0 Å². The second-order valence-corrected chi connectivity index (χ2v) is 5.69. The Labute approximate surface area is 112 Å². The summed E-state index contributed by atoms with van der Waals surface area (Å²) in [5.41, 5.74) is 0.423.